The molecule has 0 saturated heterocycles. The first-order chi connectivity index (χ1) is 31.6. The van der Waals surface area contributed by atoms with Crippen LogP contribution in [0.1, 0.15) is 22.9 Å². The molecular formula is C59H37N3OS. The molecule has 0 saturated carbocycles. The number of para-hydroxylation sites is 1. The number of rotatable bonds is 6. The quantitative estimate of drug-likeness (QED) is 0.181. The molecule has 10 aromatic carbocycles. The van der Waals surface area contributed by atoms with Gasteiger partial charge in [-0.3, -0.25) is 0 Å². The highest BCUT2D eigenvalue weighted by atomic mass is 32.1. The van der Waals surface area contributed by atoms with Crippen molar-refractivity contribution in [1.29, 1.82) is 0 Å². The molecule has 13 rings (SSSR count). The van der Waals surface area contributed by atoms with Gasteiger partial charge >= 0.3 is 0 Å². The summed E-state index contributed by atoms with van der Waals surface area (Å²) in [7, 11) is 0. The summed E-state index contributed by atoms with van der Waals surface area (Å²) in [5.74, 6) is 1.50. The van der Waals surface area contributed by atoms with Crippen LogP contribution in [0.5, 0.6) is 0 Å². The molecule has 0 aliphatic carbocycles. The predicted octanol–water partition coefficient (Wildman–Crippen LogP) is 15.8. The van der Waals surface area contributed by atoms with Gasteiger partial charge in [-0.15, -0.1) is 11.3 Å². The standard InChI is InChI=1S/C59H37N3OS/c1-2-10-36(11-3-1)38-18-20-40(21-19-38)47-34-50(56-49-15-6-8-16-52(49)63-53(56)35-47)42-25-22-39-24-27-44(32-46(39)31-42)58-60-57(43-26-23-37-12-4-5-13-41(37)30-43)61-59(62-58)45-28-29-55-51(33-45)48-14-7-9-17-54(48)64-55/h1-35,57H,(H,60,61,62). The van der Waals surface area contributed by atoms with Crippen molar-refractivity contribution in [3.63, 3.8) is 0 Å². The van der Waals surface area contributed by atoms with Gasteiger partial charge in [0.2, 0.25) is 0 Å². The average Bonchev–Trinajstić information content (AvgIpc) is 3.94. The second kappa shape index (κ2) is 14.8. The Labute approximate surface area is 373 Å². The van der Waals surface area contributed by atoms with Crippen molar-refractivity contribution in [3.8, 4) is 33.4 Å². The smallest absolute Gasteiger partial charge is 0.159 e. The molecule has 0 fully saturated rings. The molecular weight excluding hydrogens is 799 g/mol. The highest BCUT2D eigenvalue weighted by Gasteiger charge is 2.23. The molecule has 0 bridgehead atoms. The summed E-state index contributed by atoms with van der Waals surface area (Å²) >= 11 is 1.82. The van der Waals surface area contributed by atoms with Gasteiger partial charge in [0.1, 0.15) is 23.2 Å². The van der Waals surface area contributed by atoms with Crippen LogP contribution < -0.4 is 5.32 Å². The Hall–Kier alpha value is -8.12. The maximum absolute atomic E-state index is 6.58. The Morgan fingerprint density at radius 1 is 0.406 bits per heavy atom. The van der Waals surface area contributed by atoms with Gasteiger partial charge in [-0.2, -0.15) is 0 Å². The minimum absolute atomic E-state index is 0.337. The Morgan fingerprint density at radius 3 is 1.92 bits per heavy atom. The van der Waals surface area contributed by atoms with E-state index in [0.29, 0.717) is 5.84 Å². The number of hydrogen-bond acceptors (Lipinski definition) is 5. The van der Waals surface area contributed by atoms with Gasteiger partial charge in [0.05, 0.1) is 0 Å². The van der Waals surface area contributed by atoms with E-state index >= 15 is 0 Å². The van der Waals surface area contributed by atoms with Crippen LogP contribution in [0.15, 0.2) is 227 Å². The van der Waals surface area contributed by atoms with E-state index in [1.807, 2.05) is 17.4 Å². The molecule has 5 heteroatoms. The number of fused-ring (bicyclic) bond motifs is 8. The number of nitrogens with zero attached hydrogens (tertiary/aromatic N) is 2. The first-order valence-corrected chi connectivity index (χ1v) is 22.5. The Morgan fingerprint density at radius 2 is 1.05 bits per heavy atom. The lowest BCUT2D eigenvalue weighted by atomic mass is 9.92. The molecule has 0 spiro atoms. The molecule has 0 radical (unpaired) electrons. The number of benzene rings is 10. The van der Waals surface area contributed by atoms with Gasteiger partial charge in [0.15, 0.2) is 5.84 Å². The molecule has 2 aromatic heterocycles. The molecule has 1 aliphatic rings. The van der Waals surface area contributed by atoms with E-state index < -0.39 is 0 Å². The highest BCUT2D eigenvalue weighted by Crippen LogP contribution is 2.42. The van der Waals surface area contributed by atoms with Crippen molar-refractivity contribution in [3.05, 3.63) is 229 Å². The van der Waals surface area contributed by atoms with Crippen LogP contribution >= 0.6 is 11.3 Å². The molecule has 3 heterocycles. The summed E-state index contributed by atoms with van der Waals surface area (Å²) < 4.78 is 9.11. The van der Waals surface area contributed by atoms with Crippen LogP contribution in [0.2, 0.25) is 0 Å². The molecule has 1 aliphatic heterocycles. The fourth-order valence-corrected chi connectivity index (χ4v) is 10.5. The summed E-state index contributed by atoms with van der Waals surface area (Å²) in [6.45, 7) is 0. The summed E-state index contributed by atoms with van der Waals surface area (Å²) in [5, 5.41) is 13.1. The van der Waals surface area contributed by atoms with Crippen LogP contribution in [0.3, 0.4) is 0 Å². The summed E-state index contributed by atoms with van der Waals surface area (Å²) in [4.78, 5) is 10.6. The number of nitrogens with one attached hydrogen (secondary N) is 1. The monoisotopic (exact) mass is 835 g/mol. The zero-order chi connectivity index (χ0) is 42.1. The van der Waals surface area contributed by atoms with Gasteiger partial charge in [-0.05, 0) is 121 Å². The first-order valence-electron chi connectivity index (χ1n) is 21.6. The lowest BCUT2D eigenvalue weighted by molar-refractivity contribution is 0.669. The lowest BCUT2D eigenvalue weighted by Crippen LogP contribution is -2.33. The number of thiophene rings is 1. The van der Waals surface area contributed by atoms with Crippen molar-refractivity contribution < 1.29 is 4.42 Å². The van der Waals surface area contributed by atoms with Gasteiger partial charge < -0.3 is 9.73 Å². The third-order valence-corrected chi connectivity index (χ3v) is 13.8. The van der Waals surface area contributed by atoms with Crippen LogP contribution in [0, 0.1) is 0 Å². The van der Waals surface area contributed by atoms with Crippen LogP contribution in [-0.4, -0.2) is 11.7 Å². The maximum atomic E-state index is 6.58. The van der Waals surface area contributed by atoms with Crippen LogP contribution in [-0.2, 0) is 0 Å². The van der Waals surface area contributed by atoms with Gasteiger partial charge in [-0.1, -0.05) is 152 Å². The Bertz CT molecular complexity index is 3880. The van der Waals surface area contributed by atoms with E-state index in [1.165, 1.54) is 42.1 Å². The normalized spacial score (nSPS) is 14.1. The molecule has 0 amide bonds. The lowest BCUT2D eigenvalue weighted by Gasteiger charge is -2.24. The minimum atomic E-state index is -0.337. The minimum Gasteiger partial charge on any atom is -0.456 e. The molecule has 300 valence electrons. The van der Waals surface area contributed by atoms with Crippen molar-refractivity contribution in [1.82, 2.24) is 5.32 Å². The zero-order valence-corrected chi connectivity index (χ0v) is 35.3. The van der Waals surface area contributed by atoms with Gasteiger partial charge in [-0.25, -0.2) is 9.98 Å². The molecule has 4 nitrogen and oxygen atoms in total. The number of furan rings is 1. The van der Waals surface area contributed by atoms with E-state index in [-0.39, 0.29) is 6.17 Å². The van der Waals surface area contributed by atoms with Crippen molar-refractivity contribution >= 4 is 86.7 Å². The maximum Gasteiger partial charge on any atom is 0.159 e. The largest absolute Gasteiger partial charge is 0.456 e. The van der Waals surface area contributed by atoms with Crippen LogP contribution in [0.4, 0.5) is 0 Å². The second-order valence-corrected chi connectivity index (χ2v) is 17.7. The summed E-state index contributed by atoms with van der Waals surface area (Å²) in [6, 6.07) is 76.0. The topological polar surface area (TPSA) is 49.9 Å². The van der Waals surface area contributed by atoms with E-state index in [2.05, 4.69) is 212 Å². The third-order valence-electron chi connectivity index (χ3n) is 12.7. The molecule has 1 unspecified atom stereocenters. The second-order valence-electron chi connectivity index (χ2n) is 16.6. The molecule has 12 aromatic rings. The average molecular weight is 836 g/mol. The van der Waals surface area contributed by atoms with E-state index in [0.717, 1.165) is 77.5 Å². The van der Waals surface area contributed by atoms with Crippen molar-refractivity contribution in [2.75, 3.05) is 0 Å². The number of hydrogen-bond donors (Lipinski definition) is 1. The molecule has 1 N–H and O–H groups in total. The first kappa shape index (κ1) is 36.5. The number of aliphatic imine (C=N–C) groups is 2. The van der Waals surface area contributed by atoms with E-state index in [4.69, 9.17) is 14.4 Å². The Balaban J connectivity index is 0.933. The van der Waals surface area contributed by atoms with Crippen molar-refractivity contribution in [2.24, 2.45) is 9.98 Å². The van der Waals surface area contributed by atoms with Gasteiger partial charge in [0.25, 0.3) is 0 Å². The van der Waals surface area contributed by atoms with Gasteiger partial charge in [0, 0.05) is 42.1 Å². The fraction of sp³-hybridized carbons (Fsp3) is 0.0169. The molecule has 64 heavy (non-hydrogen) atoms. The van der Waals surface area contributed by atoms with E-state index in [1.54, 1.807) is 0 Å². The zero-order valence-electron chi connectivity index (χ0n) is 34.5. The summed E-state index contributed by atoms with van der Waals surface area (Å²) in [5.41, 5.74) is 11.7. The molecule has 1 atom stereocenters. The summed E-state index contributed by atoms with van der Waals surface area (Å²) in [6.07, 6.45) is -0.337. The van der Waals surface area contributed by atoms with E-state index in [9.17, 15) is 0 Å². The van der Waals surface area contributed by atoms with Crippen molar-refractivity contribution in [2.45, 2.75) is 6.17 Å². The van der Waals surface area contributed by atoms with Crippen LogP contribution in [0.25, 0.3) is 97.0 Å². The predicted molar refractivity (Wildman–Crippen MR) is 270 cm³/mol. The highest BCUT2D eigenvalue weighted by molar-refractivity contribution is 7.25. The number of amidine groups is 2. The fourth-order valence-electron chi connectivity index (χ4n) is 9.44. The third kappa shape index (κ3) is 6.28. The Kier molecular flexibility index (Phi) is 8.43. The SMILES string of the molecule is c1ccc(-c2ccc(-c3cc(-c4ccc5ccc(C6=NC(c7ccc8sc9ccccc9c8c7)=NC(c7ccc8ccccc8c7)N6)cc5c4)c4c(c3)oc3ccccc34)cc2)cc1.